The van der Waals surface area contributed by atoms with E-state index in [0.29, 0.717) is 17.2 Å². The van der Waals surface area contributed by atoms with E-state index in [1.54, 1.807) is 24.7 Å². The Morgan fingerprint density at radius 2 is 1.79 bits per heavy atom. The van der Waals surface area contributed by atoms with Crippen molar-refractivity contribution in [1.82, 2.24) is 19.9 Å². The molecule has 0 aliphatic carbocycles. The third kappa shape index (κ3) is 4.71. The summed E-state index contributed by atoms with van der Waals surface area (Å²) < 4.78 is 0. The van der Waals surface area contributed by atoms with Crippen LogP contribution in [-0.4, -0.2) is 49.9 Å². The van der Waals surface area contributed by atoms with Crippen LogP contribution in [0.3, 0.4) is 0 Å². The number of hydrogen-bond acceptors (Lipinski definition) is 5. The average Bonchev–Trinajstić information content (AvgIpc) is 2.67. The summed E-state index contributed by atoms with van der Waals surface area (Å²) in [6.07, 6.45) is 8.98. The van der Waals surface area contributed by atoms with Gasteiger partial charge in [-0.1, -0.05) is 20.8 Å². The maximum absolute atomic E-state index is 12.4. The second kappa shape index (κ2) is 8.04. The summed E-state index contributed by atoms with van der Waals surface area (Å²) in [6, 6.07) is 1.56. The second-order valence-electron chi connectivity index (χ2n) is 8.35. The van der Waals surface area contributed by atoms with Gasteiger partial charge in [0.25, 0.3) is 0 Å². The van der Waals surface area contributed by atoms with E-state index in [-0.39, 0.29) is 16.9 Å². The molecule has 3 rings (SSSR count). The van der Waals surface area contributed by atoms with Crippen LogP contribution in [0.4, 0.5) is 0 Å². The van der Waals surface area contributed by atoms with E-state index in [9.17, 15) is 9.59 Å². The van der Waals surface area contributed by atoms with Gasteiger partial charge in [0.1, 0.15) is 0 Å². The Morgan fingerprint density at radius 3 is 2.43 bits per heavy atom. The molecule has 0 aromatic carbocycles. The van der Waals surface area contributed by atoms with E-state index < -0.39 is 5.97 Å². The molecule has 2 aromatic rings. The van der Waals surface area contributed by atoms with Crippen LogP contribution in [-0.2, 0) is 11.2 Å². The minimum Gasteiger partial charge on any atom is -0.478 e. The van der Waals surface area contributed by atoms with Gasteiger partial charge in [-0.05, 0) is 31.2 Å². The normalized spacial score (nSPS) is 15.5. The molecule has 0 unspecified atom stereocenters. The second-order valence-corrected chi connectivity index (χ2v) is 8.35. The predicted octanol–water partition coefficient (Wildman–Crippen LogP) is 3.06. The van der Waals surface area contributed by atoms with Crippen LogP contribution in [0.5, 0.6) is 0 Å². The first-order chi connectivity index (χ1) is 13.2. The third-order valence-corrected chi connectivity index (χ3v) is 5.01. The lowest BCUT2D eigenvalue weighted by Crippen LogP contribution is -2.44. The van der Waals surface area contributed by atoms with Crippen LogP contribution in [0, 0.1) is 11.3 Å². The molecule has 7 heteroatoms. The summed E-state index contributed by atoms with van der Waals surface area (Å²) >= 11 is 0. The molecular formula is C21H26N4O3. The first-order valence-electron chi connectivity index (χ1n) is 9.53. The number of aromatic nitrogens is 3. The van der Waals surface area contributed by atoms with Gasteiger partial charge in [0.15, 0.2) is 0 Å². The first-order valence-corrected chi connectivity index (χ1v) is 9.53. The lowest BCUT2D eigenvalue weighted by Gasteiger charge is -2.35. The van der Waals surface area contributed by atoms with E-state index in [1.807, 2.05) is 25.7 Å². The quantitative estimate of drug-likeness (QED) is 0.873. The molecule has 1 aliphatic heterocycles. The SMILES string of the molecule is CC(C)(C)C(=O)N1CCC(Cc2cncc(-c3cncc(C(=O)O)c3)n2)CC1. The predicted molar refractivity (Wildman–Crippen MR) is 105 cm³/mol. The monoisotopic (exact) mass is 382 g/mol. The van der Waals surface area contributed by atoms with Crippen molar-refractivity contribution in [3.8, 4) is 11.3 Å². The van der Waals surface area contributed by atoms with Crippen molar-refractivity contribution >= 4 is 11.9 Å². The Morgan fingerprint density at radius 1 is 1.11 bits per heavy atom. The Bertz CT molecular complexity index is 868. The summed E-state index contributed by atoms with van der Waals surface area (Å²) in [7, 11) is 0. The van der Waals surface area contributed by atoms with Crippen molar-refractivity contribution < 1.29 is 14.7 Å². The molecule has 28 heavy (non-hydrogen) atoms. The van der Waals surface area contributed by atoms with E-state index >= 15 is 0 Å². The smallest absolute Gasteiger partial charge is 0.337 e. The van der Waals surface area contributed by atoms with Crippen molar-refractivity contribution in [3.63, 3.8) is 0 Å². The van der Waals surface area contributed by atoms with E-state index in [4.69, 9.17) is 5.11 Å². The summed E-state index contributed by atoms with van der Waals surface area (Å²) in [5.41, 5.74) is 1.92. The average molecular weight is 382 g/mol. The Balaban J connectivity index is 1.65. The molecule has 7 nitrogen and oxygen atoms in total. The lowest BCUT2D eigenvalue weighted by atomic mass is 9.89. The fourth-order valence-electron chi connectivity index (χ4n) is 3.45. The van der Waals surface area contributed by atoms with Crippen molar-refractivity contribution in [2.75, 3.05) is 13.1 Å². The summed E-state index contributed by atoms with van der Waals surface area (Å²) in [5.74, 6) is -0.356. The van der Waals surface area contributed by atoms with Crippen LogP contribution >= 0.6 is 0 Å². The van der Waals surface area contributed by atoms with Crippen LogP contribution in [0.1, 0.15) is 49.7 Å². The van der Waals surface area contributed by atoms with Gasteiger partial charge in [0.05, 0.1) is 23.1 Å². The van der Waals surface area contributed by atoms with Crippen molar-refractivity contribution in [2.24, 2.45) is 11.3 Å². The molecular weight excluding hydrogens is 356 g/mol. The number of pyridine rings is 1. The highest BCUT2D eigenvalue weighted by Gasteiger charge is 2.30. The molecule has 0 bridgehead atoms. The molecule has 148 valence electrons. The number of nitrogens with zero attached hydrogens (tertiary/aromatic N) is 4. The lowest BCUT2D eigenvalue weighted by molar-refractivity contribution is -0.140. The zero-order valence-corrected chi connectivity index (χ0v) is 16.6. The number of piperidine rings is 1. The molecule has 1 N–H and O–H groups in total. The van der Waals surface area contributed by atoms with Gasteiger partial charge < -0.3 is 10.0 Å². The van der Waals surface area contributed by atoms with Crippen molar-refractivity contribution in [2.45, 2.75) is 40.0 Å². The molecule has 1 aliphatic rings. The fraction of sp³-hybridized carbons (Fsp3) is 0.476. The molecule has 0 radical (unpaired) electrons. The van der Waals surface area contributed by atoms with E-state index in [2.05, 4.69) is 15.0 Å². The van der Waals surface area contributed by atoms with Crippen molar-refractivity contribution in [1.29, 1.82) is 0 Å². The van der Waals surface area contributed by atoms with Crippen LogP contribution in [0.2, 0.25) is 0 Å². The zero-order chi connectivity index (χ0) is 20.3. The topological polar surface area (TPSA) is 96.3 Å². The number of amides is 1. The maximum atomic E-state index is 12.4. The number of hydrogen-bond donors (Lipinski definition) is 1. The van der Waals surface area contributed by atoms with Gasteiger partial charge in [-0.25, -0.2) is 9.78 Å². The first kappa shape index (κ1) is 19.9. The summed E-state index contributed by atoms with van der Waals surface area (Å²) in [5, 5.41) is 9.13. The molecule has 1 amide bonds. The Hall–Kier alpha value is -2.83. The van der Waals surface area contributed by atoms with Gasteiger partial charge in [-0.2, -0.15) is 0 Å². The minimum atomic E-state index is -1.02. The Kier molecular flexibility index (Phi) is 5.72. The zero-order valence-electron chi connectivity index (χ0n) is 16.6. The number of carbonyl (C=O) groups is 2. The van der Waals surface area contributed by atoms with Gasteiger partial charge in [0, 0.05) is 42.7 Å². The van der Waals surface area contributed by atoms with Crippen LogP contribution in [0.15, 0.2) is 30.9 Å². The molecule has 3 heterocycles. The number of carboxylic acid groups (broad SMARTS) is 1. The molecule has 1 fully saturated rings. The highest BCUT2D eigenvalue weighted by atomic mass is 16.4. The number of aromatic carboxylic acids is 1. The largest absolute Gasteiger partial charge is 0.478 e. The van der Waals surface area contributed by atoms with Gasteiger partial charge in [0.2, 0.25) is 5.91 Å². The minimum absolute atomic E-state index is 0.126. The summed E-state index contributed by atoms with van der Waals surface area (Å²) in [6.45, 7) is 7.42. The molecule has 2 aromatic heterocycles. The standard InChI is InChI=1S/C21H26N4O3/c1-21(2,3)20(28)25-6-4-14(5-7-25)8-17-12-23-13-18(24-17)15-9-16(19(26)27)11-22-10-15/h9-14H,4-8H2,1-3H3,(H,26,27). The van der Waals surface area contributed by atoms with Crippen molar-refractivity contribution in [3.05, 3.63) is 42.1 Å². The summed E-state index contributed by atoms with van der Waals surface area (Å²) in [4.78, 5) is 38.4. The van der Waals surface area contributed by atoms with E-state index in [1.165, 1.54) is 6.20 Å². The van der Waals surface area contributed by atoms with Gasteiger partial charge in [-0.15, -0.1) is 0 Å². The van der Waals surface area contributed by atoms with Crippen LogP contribution in [0.25, 0.3) is 11.3 Å². The highest BCUT2D eigenvalue weighted by Crippen LogP contribution is 2.26. The molecule has 0 spiro atoms. The highest BCUT2D eigenvalue weighted by molar-refractivity contribution is 5.88. The third-order valence-electron chi connectivity index (χ3n) is 5.01. The maximum Gasteiger partial charge on any atom is 0.337 e. The fourth-order valence-corrected chi connectivity index (χ4v) is 3.45. The molecule has 0 atom stereocenters. The number of rotatable bonds is 4. The van der Waals surface area contributed by atoms with Gasteiger partial charge >= 0.3 is 5.97 Å². The number of carboxylic acids is 1. The van der Waals surface area contributed by atoms with Crippen LogP contribution < -0.4 is 0 Å². The van der Waals surface area contributed by atoms with E-state index in [0.717, 1.165) is 38.0 Å². The Labute approximate surface area is 164 Å². The number of carbonyl (C=O) groups excluding carboxylic acids is 1. The number of likely N-dealkylation sites (tertiary alicyclic amines) is 1. The molecule has 1 saturated heterocycles. The van der Waals surface area contributed by atoms with Gasteiger partial charge in [-0.3, -0.25) is 14.8 Å². The molecule has 0 saturated carbocycles.